The molecule has 0 radical (unpaired) electrons. The van der Waals surface area contributed by atoms with Crippen molar-refractivity contribution in [3.05, 3.63) is 16.4 Å². The molecule has 0 unspecified atom stereocenters. The van der Waals surface area contributed by atoms with Crippen molar-refractivity contribution in [3.63, 3.8) is 0 Å². The second-order valence-corrected chi connectivity index (χ2v) is 5.70. The van der Waals surface area contributed by atoms with E-state index < -0.39 is 0 Å². The van der Waals surface area contributed by atoms with Crippen LogP contribution in [-0.4, -0.2) is 9.78 Å². The van der Waals surface area contributed by atoms with Crippen LogP contribution in [0.3, 0.4) is 0 Å². The van der Waals surface area contributed by atoms with Gasteiger partial charge in [-0.2, -0.15) is 5.10 Å². The molecular formula is C12H20Cl2N2. The smallest absolute Gasteiger partial charge is 0.131 e. The van der Waals surface area contributed by atoms with E-state index in [2.05, 4.69) is 32.8 Å². The van der Waals surface area contributed by atoms with Crippen LogP contribution >= 0.6 is 23.2 Å². The summed E-state index contributed by atoms with van der Waals surface area (Å²) in [4.78, 5) is 0. The first-order valence-electron chi connectivity index (χ1n) is 5.73. The molecule has 1 aromatic rings. The Hall–Kier alpha value is -0.210. The van der Waals surface area contributed by atoms with E-state index in [9.17, 15) is 0 Å². The van der Waals surface area contributed by atoms with Crippen LogP contribution in [0.15, 0.2) is 0 Å². The van der Waals surface area contributed by atoms with E-state index in [1.165, 1.54) is 0 Å². The SMILES string of the molecule is CCCCn1nc(C(C)(C)C)c(CCl)c1Cl. The summed E-state index contributed by atoms with van der Waals surface area (Å²) >= 11 is 12.2. The number of nitrogens with zero attached hydrogens (tertiary/aromatic N) is 2. The van der Waals surface area contributed by atoms with E-state index in [4.69, 9.17) is 23.2 Å². The second kappa shape index (κ2) is 5.42. The number of hydrogen-bond acceptors (Lipinski definition) is 1. The van der Waals surface area contributed by atoms with Crippen molar-refractivity contribution in [3.8, 4) is 0 Å². The summed E-state index contributed by atoms with van der Waals surface area (Å²) in [5.74, 6) is 0.428. The largest absolute Gasteiger partial charge is 0.253 e. The van der Waals surface area contributed by atoms with Crippen LogP contribution in [0.5, 0.6) is 0 Å². The quantitative estimate of drug-likeness (QED) is 0.737. The normalized spacial score (nSPS) is 12.1. The molecule has 92 valence electrons. The van der Waals surface area contributed by atoms with Gasteiger partial charge in [-0.3, -0.25) is 4.68 Å². The van der Waals surface area contributed by atoms with E-state index in [-0.39, 0.29) is 5.41 Å². The Kier molecular flexibility index (Phi) is 4.69. The van der Waals surface area contributed by atoms with Crippen molar-refractivity contribution in [2.45, 2.75) is 58.4 Å². The highest BCUT2D eigenvalue weighted by Gasteiger charge is 2.25. The molecule has 4 heteroatoms. The van der Waals surface area contributed by atoms with Crippen LogP contribution in [0.4, 0.5) is 0 Å². The van der Waals surface area contributed by atoms with Crippen molar-refractivity contribution >= 4 is 23.2 Å². The molecule has 0 amide bonds. The molecule has 0 aromatic carbocycles. The van der Waals surface area contributed by atoms with Crippen molar-refractivity contribution in [1.82, 2.24) is 9.78 Å². The summed E-state index contributed by atoms with van der Waals surface area (Å²) in [5.41, 5.74) is 1.99. The zero-order chi connectivity index (χ0) is 12.3. The molecule has 0 aliphatic carbocycles. The van der Waals surface area contributed by atoms with Gasteiger partial charge in [-0.05, 0) is 6.42 Å². The molecular weight excluding hydrogens is 243 g/mol. The second-order valence-electron chi connectivity index (χ2n) is 5.08. The number of halogens is 2. The third-order valence-electron chi connectivity index (χ3n) is 2.55. The van der Waals surface area contributed by atoms with Gasteiger partial charge in [0.15, 0.2) is 0 Å². The molecule has 0 atom stereocenters. The average Bonchev–Trinajstić information content (AvgIpc) is 2.51. The number of hydrogen-bond donors (Lipinski definition) is 0. The van der Waals surface area contributed by atoms with Crippen LogP contribution in [-0.2, 0) is 17.8 Å². The maximum absolute atomic E-state index is 6.29. The van der Waals surface area contributed by atoms with E-state index in [0.29, 0.717) is 11.0 Å². The number of aryl methyl sites for hydroxylation is 1. The summed E-state index contributed by atoms with van der Waals surface area (Å²) in [7, 11) is 0. The minimum absolute atomic E-state index is 0.00860. The van der Waals surface area contributed by atoms with E-state index in [1.807, 2.05) is 4.68 Å². The maximum atomic E-state index is 6.29. The van der Waals surface area contributed by atoms with Gasteiger partial charge in [0.05, 0.1) is 11.6 Å². The molecule has 16 heavy (non-hydrogen) atoms. The van der Waals surface area contributed by atoms with Gasteiger partial charge in [-0.25, -0.2) is 0 Å². The molecule has 0 aliphatic rings. The number of rotatable bonds is 4. The summed E-state index contributed by atoms with van der Waals surface area (Å²) in [5, 5.41) is 5.29. The maximum Gasteiger partial charge on any atom is 0.131 e. The first-order chi connectivity index (χ1) is 7.41. The highest BCUT2D eigenvalue weighted by Crippen LogP contribution is 2.31. The van der Waals surface area contributed by atoms with Crippen LogP contribution in [0.1, 0.15) is 51.8 Å². The molecule has 0 aliphatic heterocycles. The van der Waals surface area contributed by atoms with Crippen molar-refractivity contribution in [2.75, 3.05) is 0 Å². The Morgan fingerprint density at radius 2 is 1.94 bits per heavy atom. The van der Waals surface area contributed by atoms with Gasteiger partial charge in [0.1, 0.15) is 5.15 Å². The predicted molar refractivity (Wildman–Crippen MR) is 70.4 cm³/mol. The third kappa shape index (κ3) is 2.92. The summed E-state index contributed by atoms with van der Waals surface area (Å²) in [6.45, 7) is 9.42. The lowest BCUT2D eigenvalue weighted by molar-refractivity contribution is 0.518. The molecule has 2 nitrogen and oxygen atoms in total. The average molecular weight is 263 g/mol. The molecule has 0 N–H and O–H groups in total. The van der Waals surface area contributed by atoms with Crippen molar-refractivity contribution in [1.29, 1.82) is 0 Å². The molecule has 1 aromatic heterocycles. The van der Waals surface area contributed by atoms with Crippen LogP contribution < -0.4 is 0 Å². The van der Waals surface area contributed by atoms with Crippen LogP contribution in [0.25, 0.3) is 0 Å². The molecule has 0 saturated carbocycles. The fraction of sp³-hybridized carbons (Fsp3) is 0.750. The van der Waals surface area contributed by atoms with Gasteiger partial charge < -0.3 is 0 Å². The van der Waals surface area contributed by atoms with Crippen LogP contribution in [0.2, 0.25) is 5.15 Å². The van der Waals surface area contributed by atoms with E-state index in [1.54, 1.807) is 0 Å². The first kappa shape index (κ1) is 13.9. The molecule has 0 saturated heterocycles. The summed E-state index contributed by atoms with van der Waals surface area (Å²) < 4.78 is 1.88. The highest BCUT2D eigenvalue weighted by molar-refractivity contribution is 6.31. The Morgan fingerprint density at radius 1 is 1.31 bits per heavy atom. The number of aromatic nitrogens is 2. The van der Waals surface area contributed by atoms with Crippen molar-refractivity contribution < 1.29 is 0 Å². The van der Waals surface area contributed by atoms with Crippen molar-refractivity contribution in [2.24, 2.45) is 0 Å². The lowest BCUT2D eigenvalue weighted by Gasteiger charge is -2.16. The highest BCUT2D eigenvalue weighted by atomic mass is 35.5. The Balaban J connectivity index is 3.10. The summed E-state index contributed by atoms with van der Waals surface area (Å²) in [6.07, 6.45) is 2.23. The zero-order valence-corrected chi connectivity index (χ0v) is 12.0. The van der Waals surface area contributed by atoms with Gasteiger partial charge in [-0.15, -0.1) is 11.6 Å². The minimum atomic E-state index is -0.00860. The fourth-order valence-electron chi connectivity index (χ4n) is 1.66. The molecule has 0 fully saturated rings. The van der Waals surface area contributed by atoms with E-state index >= 15 is 0 Å². The molecule has 1 rings (SSSR count). The zero-order valence-electron chi connectivity index (χ0n) is 10.5. The van der Waals surface area contributed by atoms with Crippen LogP contribution in [0, 0.1) is 0 Å². The monoisotopic (exact) mass is 262 g/mol. The number of alkyl halides is 1. The lowest BCUT2D eigenvalue weighted by atomic mass is 9.90. The first-order valence-corrected chi connectivity index (χ1v) is 6.64. The third-order valence-corrected chi connectivity index (χ3v) is 3.24. The minimum Gasteiger partial charge on any atom is -0.253 e. The fourth-order valence-corrected chi connectivity index (χ4v) is 2.26. The van der Waals surface area contributed by atoms with Gasteiger partial charge in [0.25, 0.3) is 0 Å². The predicted octanol–water partition coefficient (Wildman–Crippen LogP) is 4.37. The van der Waals surface area contributed by atoms with Gasteiger partial charge >= 0.3 is 0 Å². The van der Waals surface area contributed by atoms with Gasteiger partial charge in [0.2, 0.25) is 0 Å². The summed E-state index contributed by atoms with van der Waals surface area (Å²) in [6, 6.07) is 0. The molecule has 1 heterocycles. The Bertz CT molecular complexity index is 351. The van der Waals surface area contributed by atoms with E-state index in [0.717, 1.165) is 30.6 Å². The molecule has 0 spiro atoms. The number of unbranched alkanes of at least 4 members (excludes halogenated alkanes) is 1. The standard InChI is InChI=1S/C12H20Cl2N2/c1-5-6-7-16-11(14)9(8-13)10(15-16)12(2,3)4/h5-8H2,1-4H3. The Labute approximate surface area is 108 Å². The lowest BCUT2D eigenvalue weighted by Crippen LogP contribution is -2.14. The topological polar surface area (TPSA) is 17.8 Å². The van der Waals surface area contributed by atoms with Gasteiger partial charge in [-0.1, -0.05) is 45.7 Å². The molecule has 0 bridgehead atoms. The Morgan fingerprint density at radius 3 is 2.31 bits per heavy atom. The van der Waals surface area contributed by atoms with Gasteiger partial charge in [0, 0.05) is 17.5 Å².